The number of rotatable bonds is 8. The fourth-order valence-electron chi connectivity index (χ4n) is 4.61. The number of anilines is 1. The number of benzene rings is 1. The molecule has 1 aliphatic rings. The van der Waals surface area contributed by atoms with Crippen LogP contribution in [-0.2, 0) is 43.9 Å². The Morgan fingerprint density at radius 3 is 2.38 bits per heavy atom. The van der Waals surface area contributed by atoms with Crippen LogP contribution in [0.2, 0.25) is 0 Å². The van der Waals surface area contributed by atoms with Gasteiger partial charge in [-0.2, -0.15) is 5.10 Å². The summed E-state index contributed by atoms with van der Waals surface area (Å²) in [6.07, 6.45) is -1.85. The quantitative estimate of drug-likeness (QED) is 0.318. The number of carbonyl (C=O) groups is 2. The van der Waals surface area contributed by atoms with Crippen molar-refractivity contribution in [3.63, 3.8) is 0 Å². The number of nitrogens with zero attached hydrogens (tertiary/aromatic N) is 3. The molecule has 0 bridgehead atoms. The standard InChI is InChI=1S/C26H33N4O8P/c1-15(31)35-22-20(13-34-39(33)38-18-9-7-17(8-10-18)25(3,4)5)37-26(6,23(22)36-16(2)32)21-12-11-19-24(27)28-14-29-30(19)21/h7-12,14,20,22-23,39H,13H2,1-6H3,(H2,27,28,29)/t20-,22-,23-,26+/m1/s1. The third kappa shape index (κ3) is 6.08. The van der Waals surface area contributed by atoms with Crippen LogP contribution in [0.4, 0.5) is 5.82 Å². The molecule has 1 saturated heterocycles. The van der Waals surface area contributed by atoms with Crippen LogP contribution in [0, 0.1) is 0 Å². The average Bonchev–Trinajstić information content (AvgIpc) is 3.39. The van der Waals surface area contributed by atoms with Crippen LogP contribution < -0.4 is 10.3 Å². The number of hydrogen-bond acceptors (Lipinski definition) is 11. The molecule has 2 aromatic heterocycles. The zero-order valence-corrected chi connectivity index (χ0v) is 23.7. The van der Waals surface area contributed by atoms with Crippen LogP contribution >= 0.6 is 8.25 Å². The Morgan fingerprint density at radius 2 is 1.77 bits per heavy atom. The van der Waals surface area contributed by atoms with Gasteiger partial charge in [-0.05, 0) is 42.2 Å². The van der Waals surface area contributed by atoms with Crippen LogP contribution in [0.25, 0.3) is 5.52 Å². The van der Waals surface area contributed by atoms with Crippen LogP contribution in [-0.4, -0.2) is 51.5 Å². The molecule has 210 valence electrons. The molecule has 2 N–H and O–H groups in total. The molecule has 0 spiro atoms. The Hall–Kier alpha value is -3.47. The van der Waals surface area contributed by atoms with Crippen LogP contribution in [0.3, 0.4) is 0 Å². The Morgan fingerprint density at radius 1 is 1.10 bits per heavy atom. The number of aromatic nitrogens is 3. The van der Waals surface area contributed by atoms with Gasteiger partial charge in [-0.3, -0.25) is 14.1 Å². The van der Waals surface area contributed by atoms with Crippen molar-refractivity contribution in [3.05, 3.63) is 54.0 Å². The minimum absolute atomic E-state index is 0.0416. The molecule has 1 fully saturated rings. The molecule has 1 aromatic carbocycles. The highest BCUT2D eigenvalue weighted by Crippen LogP contribution is 2.44. The number of carbonyl (C=O) groups excluding carboxylic acids is 2. The summed E-state index contributed by atoms with van der Waals surface area (Å²) in [5, 5.41) is 4.26. The van der Waals surface area contributed by atoms with E-state index in [-0.39, 0.29) is 17.8 Å². The summed E-state index contributed by atoms with van der Waals surface area (Å²) in [6, 6.07) is 10.6. The van der Waals surface area contributed by atoms with Crippen molar-refractivity contribution in [1.29, 1.82) is 0 Å². The third-order valence-electron chi connectivity index (χ3n) is 6.48. The van der Waals surface area contributed by atoms with Gasteiger partial charge in [0.05, 0.1) is 12.3 Å². The maximum atomic E-state index is 12.7. The molecular weight excluding hydrogens is 527 g/mol. The summed E-state index contributed by atoms with van der Waals surface area (Å²) in [5.41, 5.74) is 6.67. The van der Waals surface area contributed by atoms with Gasteiger partial charge in [0.25, 0.3) is 0 Å². The summed E-state index contributed by atoms with van der Waals surface area (Å²) in [7, 11) is -3.02. The monoisotopic (exact) mass is 560 g/mol. The van der Waals surface area contributed by atoms with Gasteiger partial charge in [0.15, 0.2) is 18.0 Å². The molecule has 0 radical (unpaired) electrons. The molecule has 3 heterocycles. The van der Waals surface area contributed by atoms with E-state index >= 15 is 0 Å². The van der Waals surface area contributed by atoms with Crippen LogP contribution in [0.15, 0.2) is 42.7 Å². The summed E-state index contributed by atoms with van der Waals surface area (Å²) >= 11 is 0. The first kappa shape index (κ1) is 28.5. The SMILES string of the molecule is CC(=O)O[C@H]1[C@@H](OC(C)=O)[C@](C)(c2ccc3c(N)ncnn23)O[C@@H]1CO[PH](=O)Oc1ccc(C(C)(C)C)cc1. The van der Waals surface area contributed by atoms with Gasteiger partial charge in [-0.1, -0.05) is 32.9 Å². The molecule has 1 unspecified atom stereocenters. The number of fused-ring (bicyclic) bond motifs is 1. The smallest absolute Gasteiger partial charge is 0.367 e. The Labute approximate surface area is 226 Å². The lowest BCUT2D eigenvalue weighted by Gasteiger charge is -2.30. The molecule has 3 aromatic rings. The first-order valence-electron chi connectivity index (χ1n) is 12.4. The molecular formula is C26H33N4O8P. The highest BCUT2D eigenvalue weighted by molar-refractivity contribution is 7.33. The van der Waals surface area contributed by atoms with E-state index < -0.39 is 44.1 Å². The van der Waals surface area contributed by atoms with Crippen molar-refractivity contribution in [2.24, 2.45) is 0 Å². The summed E-state index contributed by atoms with van der Waals surface area (Å²) in [6.45, 7) is 10.1. The van der Waals surface area contributed by atoms with E-state index in [0.717, 1.165) is 5.56 Å². The van der Waals surface area contributed by atoms with Gasteiger partial charge in [-0.25, -0.2) is 14.1 Å². The molecule has 0 aliphatic carbocycles. The molecule has 0 amide bonds. The van der Waals surface area contributed by atoms with Crippen molar-refractivity contribution < 1.29 is 37.4 Å². The Balaban J connectivity index is 1.58. The Bertz CT molecular complexity index is 1390. The van der Waals surface area contributed by atoms with Crippen molar-refractivity contribution >= 4 is 31.5 Å². The highest BCUT2D eigenvalue weighted by atomic mass is 31.1. The van der Waals surface area contributed by atoms with E-state index in [1.54, 1.807) is 31.2 Å². The van der Waals surface area contributed by atoms with Gasteiger partial charge in [0.1, 0.15) is 29.3 Å². The fourth-order valence-corrected chi connectivity index (χ4v) is 5.29. The summed E-state index contributed by atoms with van der Waals surface area (Å²) in [5.74, 6) is -0.608. The average molecular weight is 561 g/mol. The molecule has 0 saturated carbocycles. The van der Waals surface area contributed by atoms with Gasteiger partial charge >= 0.3 is 20.2 Å². The second-order valence-electron chi connectivity index (χ2n) is 10.5. The summed E-state index contributed by atoms with van der Waals surface area (Å²) in [4.78, 5) is 28.1. The lowest BCUT2D eigenvalue weighted by molar-refractivity contribution is -0.168. The molecule has 4 rings (SSSR count). The highest BCUT2D eigenvalue weighted by Gasteiger charge is 2.58. The number of hydrogen-bond donors (Lipinski definition) is 1. The molecule has 5 atom stereocenters. The van der Waals surface area contributed by atoms with E-state index in [0.29, 0.717) is 17.0 Å². The maximum Gasteiger partial charge on any atom is 0.367 e. The molecule has 13 heteroatoms. The number of esters is 2. The molecule has 12 nitrogen and oxygen atoms in total. The first-order valence-corrected chi connectivity index (χ1v) is 13.6. The predicted molar refractivity (Wildman–Crippen MR) is 141 cm³/mol. The van der Waals surface area contributed by atoms with E-state index in [9.17, 15) is 14.2 Å². The Kier molecular flexibility index (Phi) is 8.02. The van der Waals surface area contributed by atoms with Gasteiger partial charge < -0.3 is 24.5 Å². The largest absolute Gasteiger partial charge is 0.456 e. The second-order valence-corrected chi connectivity index (χ2v) is 11.5. The zero-order valence-electron chi connectivity index (χ0n) is 22.7. The lowest BCUT2D eigenvalue weighted by atomic mass is 9.87. The second kappa shape index (κ2) is 11.0. The van der Waals surface area contributed by atoms with Gasteiger partial charge in [0, 0.05) is 13.8 Å². The van der Waals surface area contributed by atoms with E-state index in [1.807, 2.05) is 12.1 Å². The van der Waals surface area contributed by atoms with Crippen molar-refractivity contribution in [2.75, 3.05) is 12.3 Å². The minimum Gasteiger partial charge on any atom is -0.456 e. The number of ether oxygens (including phenoxy) is 3. The normalized spacial score (nSPS) is 23.9. The maximum absolute atomic E-state index is 12.7. The van der Waals surface area contributed by atoms with Crippen molar-refractivity contribution in [1.82, 2.24) is 14.6 Å². The zero-order chi connectivity index (χ0) is 28.5. The van der Waals surface area contributed by atoms with Crippen molar-refractivity contribution in [2.45, 2.75) is 70.9 Å². The third-order valence-corrected chi connectivity index (χ3v) is 7.28. The van der Waals surface area contributed by atoms with Gasteiger partial charge in [-0.15, -0.1) is 0 Å². The van der Waals surface area contributed by atoms with E-state index in [4.69, 9.17) is 29.0 Å². The number of nitrogens with two attached hydrogens (primary N) is 1. The molecule has 1 aliphatic heterocycles. The van der Waals surface area contributed by atoms with Crippen molar-refractivity contribution in [3.8, 4) is 5.75 Å². The van der Waals surface area contributed by atoms with Gasteiger partial charge in [0.2, 0.25) is 0 Å². The lowest BCUT2D eigenvalue weighted by Crippen LogP contribution is -2.44. The minimum atomic E-state index is -3.02. The van der Waals surface area contributed by atoms with E-state index in [2.05, 4.69) is 30.9 Å². The first-order chi connectivity index (χ1) is 18.3. The van der Waals surface area contributed by atoms with E-state index in [1.165, 1.54) is 24.7 Å². The fraction of sp³-hybridized carbons (Fsp3) is 0.462. The molecule has 39 heavy (non-hydrogen) atoms. The van der Waals surface area contributed by atoms with Crippen LogP contribution in [0.5, 0.6) is 5.75 Å². The number of nitrogen functional groups attached to an aromatic ring is 1. The summed E-state index contributed by atoms with van der Waals surface area (Å²) < 4.78 is 42.7. The predicted octanol–water partition coefficient (Wildman–Crippen LogP) is 3.57. The van der Waals surface area contributed by atoms with Crippen LogP contribution in [0.1, 0.15) is 52.8 Å². The topological polar surface area (TPSA) is 154 Å².